The molecule has 0 amide bonds. The maximum absolute atomic E-state index is 9.76. The van der Waals surface area contributed by atoms with E-state index in [1.807, 2.05) is 19.1 Å². The highest BCUT2D eigenvalue weighted by Crippen LogP contribution is 2.37. The molecule has 0 atom stereocenters. The molecule has 0 radical (unpaired) electrons. The Kier molecular flexibility index (Phi) is 2.60. The molecule has 0 spiro atoms. The van der Waals surface area contributed by atoms with E-state index in [0.29, 0.717) is 10.6 Å². The molecule has 15 heavy (non-hydrogen) atoms. The first-order chi connectivity index (χ1) is 7.20. The van der Waals surface area contributed by atoms with Gasteiger partial charge in [-0.25, -0.2) is 0 Å². The van der Waals surface area contributed by atoms with Crippen molar-refractivity contribution in [3.8, 4) is 16.9 Å². The van der Waals surface area contributed by atoms with Crippen LogP contribution in [0.25, 0.3) is 11.1 Å². The monoisotopic (exact) mass is 219 g/mol. The number of aromatic nitrogens is 1. The van der Waals surface area contributed by atoms with E-state index in [2.05, 4.69) is 4.98 Å². The molecule has 2 rings (SSSR count). The van der Waals surface area contributed by atoms with Gasteiger partial charge in [0.25, 0.3) is 0 Å². The summed E-state index contributed by atoms with van der Waals surface area (Å²) in [4.78, 5) is 4.00. The van der Waals surface area contributed by atoms with Crippen molar-refractivity contribution < 1.29 is 5.11 Å². The Labute approximate surface area is 93.2 Å². The molecule has 0 aliphatic heterocycles. The molecule has 1 heterocycles. The highest BCUT2D eigenvalue weighted by Gasteiger charge is 2.10. The highest BCUT2D eigenvalue weighted by atomic mass is 35.5. The molecule has 0 unspecified atom stereocenters. The molecule has 0 aliphatic carbocycles. The van der Waals surface area contributed by atoms with Gasteiger partial charge in [0, 0.05) is 23.5 Å². The molecule has 3 heteroatoms. The normalized spacial score (nSPS) is 10.3. The lowest BCUT2D eigenvalue weighted by molar-refractivity contribution is 0.477. The number of pyridine rings is 1. The van der Waals surface area contributed by atoms with Crippen LogP contribution in [0.4, 0.5) is 0 Å². The lowest BCUT2D eigenvalue weighted by atomic mass is 10.0. The van der Waals surface area contributed by atoms with Crippen LogP contribution in [-0.2, 0) is 0 Å². The Morgan fingerprint density at radius 1 is 1.27 bits per heavy atom. The Hall–Kier alpha value is -1.54. The second-order valence-electron chi connectivity index (χ2n) is 3.33. The zero-order chi connectivity index (χ0) is 10.8. The molecule has 1 aromatic heterocycles. The number of hydrogen-bond acceptors (Lipinski definition) is 2. The van der Waals surface area contributed by atoms with Gasteiger partial charge >= 0.3 is 0 Å². The highest BCUT2D eigenvalue weighted by molar-refractivity contribution is 6.34. The van der Waals surface area contributed by atoms with Crippen LogP contribution in [0.1, 0.15) is 5.56 Å². The summed E-state index contributed by atoms with van der Waals surface area (Å²) in [5.74, 6) is 0.179. The smallest absolute Gasteiger partial charge is 0.124 e. The van der Waals surface area contributed by atoms with E-state index in [4.69, 9.17) is 11.6 Å². The van der Waals surface area contributed by atoms with E-state index in [1.54, 1.807) is 24.5 Å². The second kappa shape index (κ2) is 3.91. The van der Waals surface area contributed by atoms with E-state index < -0.39 is 0 Å². The average Bonchev–Trinajstić information content (AvgIpc) is 2.26. The minimum atomic E-state index is 0.179. The van der Waals surface area contributed by atoms with Crippen molar-refractivity contribution in [2.45, 2.75) is 6.92 Å². The Bertz CT molecular complexity index is 482. The Morgan fingerprint density at radius 2 is 2.07 bits per heavy atom. The number of phenols is 1. The molecule has 0 aliphatic rings. The predicted molar refractivity (Wildman–Crippen MR) is 61.1 cm³/mol. The number of halogens is 1. The quantitative estimate of drug-likeness (QED) is 0.797. The summed E-state index contributed by atoms with van der Waals surface area (Å²) in [6.45, 7) is 1.90. The summed E-state index contributed by atoms with van der Waals surface area (Å²) >= 11 is 6.15. The topological polar surface area (TPSA) is 33.1 Å². The van der Waals surface area contributed by atoms with Crippen LogP contribution in [0.3, 0.4) is 0 Å². The molecular formula is C12H10ClNO. The number of benzene rings is 1. The van der Waals surface area contributed by atoms with E-state index >= 15 is 0 Å². The van der Waals surface area contributed by atoms with Crippen molar-refractivity contribution in [2.75, 3.05) is 0 Å². The fraction of sp³-hybridized carbons (Fsp3) is 0.0833. The molecule has 2 nitrogen and oxygen atoms in total. The van der Waals surface area contributed by atoms with Gasteiger partial charge in [-0.05, 0) is 24.6 Å². The standard InChI is InChI=1S/C12H10ClNO/c1-8-4-5-10(15)11(12(8)13)9-3-2-6-14-7-9/h2-7,15H,1H3. The molecule has 76 valence electrons. The van der Waals surface area contributed by atoms with E-state index in [1.165, 1.54) is 0 Å². The minimum absolute atomic E-state index is 0.179. The van der Waals surface area contributed by atoms with Crippen molar-refractivity contribution in [1.29, 1.82) is 0 Å². The van der Waals surface area contributed by atoms with Crippen molar-refractivity contribution in [3.05, 3.63) is 47.2 Å². The summed E-state index contributed by atoms with van der Waals surface area (Å²) in [5.41, 5.74) is 2.40. The minimum Gasteiger partial charge on any atom is -0.507 e. The van der Waals surface area contributed by atoms with Gasteiger partial charge in [-0.1, -0.05) is 23.7 Å². The Balaban J connectivity index is 2.68. The van der Waals surface area contributed by atoms with Crippen LogP contribution in [0.5, 0.6) is 5.75 Å². The van der Waals surface area contributed by atoms with Crippen LogP contribution in [-0.4, -0.2) is 10.1 Å². The zero-order valence-corrected chi connectivity index (χ0v) is 8.99. The molecule has 0 fully saturated rings. The van der Waals surface area contributed by atoms with Gasteiger partial charge in [-0.15, -0.1) is 0 Å². The lowest BCUT2D eigenvalue weighted by Gasteiger charge is -2.08. The molecule has 2 aromatic rings. The number of hydrogen-bond donors (Lipinski definition) is 1. The number of nitrogens with zero attached hydrogens (tertiary/aromatic N) is 1. The summed E-state index contributed by atoms with van der Waals surface area (Å²) in [5, 5.41) is 10.3. The number of rotatable bonds is 1. The fourth-order valence-corrected chi connectivity index (χ4v) is 1.72. The summed E-state index contributed by atoms with van der Waals surface area (Å²) in [7, 11) is 0. The van der Waals surface area contributed by atoms with Gasteiger partial charge in [0.15, 0.2) is 0 Å². The van der Waals surface area contributed by atoms with Gasteiger partial charge in [-0.2, -0.15) is 0 Å². The van der Waals surface area contributed by atoms with Gasteiger partial charge < -0.3 is 5.11 Å². The van der Waals surface area contributed by atoms with Gasteiger partial charge in [0.1, 0.15) is 5.75 Å². The molecule has 1 N–H and O–H groups in total. The third-order valence-corrected chi connectivity index (χ3v) is 2.75. The summed E-state index contributed by atoms with van der Waals surface area (Å²) in [6, 6.07) is 7.11. The van der Waals surface area contributed by atoms with Crippen LogP contribution < -0.4 is 0 Å². The fourth-order valence-electron chi connectivity index (χ4n) is 1.46. The number of aryl methyl sites for hydroxylation is 1. The predicted octanol–water partition coefficient (Wildman–Crippen LogP) is 3.42. The maximum atomic E-state index is 9.76. The first-order valence-corrected chi connectivity index (χ1v) is 4.96. The van der Waals surface area contributed by atoms with E-state index in [9.17, 15) is 5.11 Å². The third kappa shape index (κ3) is 1.81. The van der Waals surface area contributed by atoms with E-state index in [0.717, 1.165) is 11.1 Å². The van der Waals surface area contributed by atoms with Crippen molar-refractivity contribution >= 4 is 11.6 Å². The molecular weight excluding hydrogens is 210 g/mol. The molecule has 0 saturated carbocycles. The molecule has 0 bridgehead atoms. The van der Waals surface area contributed by atoms with Gasteiger partial charge in [-0.3, -0.25) is 4.98 Å². The third-order valence-electron chi connectivity index (χ3n) is 2.26. The van der Waals surface area contributed by atoms with Crippen molar-refractivity contribution in [2.24, 2.45) is 0 Å². The molecule has 1 aromatic carbocycles. The summed E-state index contributed by atoms with van der Waals surface area (Å²) in [6.07, 6.45) is 3.37. The largest absolute Gasteiger partial charge is 0.507 e. The second-order valence-corrected chi connectivity index (χ2v) is 3.71. The van der Waals surface area contributed by atoms with Crippen LogP contribution in [0.15, 0.2) is 36.7 Å². The van der Waals surface area contributed by atoms with Gasteiger partial charge in [0.05, 0.1) is 5.02 Å². The zero-order valence-electron chi connectivity index (χ0n) is 8.24. The number of aromatic hydroxyl groups is 1. The van der Waals surface area contributed by atoms with Crippen LogP contribution >= 0.6 is 11.6 Å². The van der Waals surface area contributed by atoms with Crippen molar-refractivity contribution in [1.82, 2.24) is 4.98 Å². The SMILES string of the molecule is Cc1ccc(O)c(-c2cccnc2)c1Cl. The van der Waals surface area contributed by atoms with E-state index in [-0.39, 0.29) is 5.75 Å². The Morgan fingerprint density at radius 3 is 2.73 bits per heavy atom. The maximum Gasteiger partial charge on any atom is 0.124 e. The van der Waals surface area contributed by atoms with Crippen LogP contribution in [0.2, 0.25) is 5.02 Å². The van der Waals surface area contributed by atoms with Crippen LogP contribution in [0, 0.1) is 6.92 Å². The summed E-state index contributed by atoms with van der Waals surface area (Å²) < 4.78 is 0. The first-order valence-electron chi connectivity index (χ1n) is 4.58. The molecule has 0 saturated heterocycles. The number of phenolic OH excluding ortho intramolecular Hbond substituents is 1. The van der Waals surface area contributed by atoms with Gasteiger partial charge in [0.2, 0.25) is 0 Å². The van der Waals surface area contributed by atoms with Crippen molar-refractivity contribution in [3.63, 3.8) is 0 Å². The average molecular weight is 220 g/mol. The first kappa shape index (κ1) is 9.99. The lowest BCUT2D eigenvalue weighted by Crippen LogP contribution is -1.85.